The largest absolute Gasteiger partial charge is 0.487 e. The molecule has 0 aliphatic heterocycles. The quantitative estimate of drug-likeness (QED) is 0.505. The zero-order valence-electron chi connectivity index (χ0n) is 15.4. The summed E-state index contributed by atoms with van der Waals surface area (Å²) in [5.74, 6) is 0.295. The zero-order valence-corrected chi connectivity index (χ0v) is 17.9. The van der Waals surface area contributed by atoms with E-state index in [-0.39, 0.29) is 10.3 Å². The maximum absolute atomic E-state index is 12.0. The van der Waals surface area contributed by atoms with Gasteiger partial charge in [0.15, 0.2) is 0 Å². The van der Waals surface area contributed by atoms with Gasteiger partial charge in [-0.1, -0.05) is 23.5 Å². The summed E-state index contributed by atoms with van der Waals surface area (Å²) in [5.41, 5.74) is 1.70. The third kappa shape index (κ3) is 6.93. The van der Waals surface area contributed by atoms with Crippen molar-refractivity contribution in [3.05, 3.63) is 52.0 Å². The number of aryl methyl sites for hydroxylation is 1. The van der Waals surface area contributed by atoms with E-state index < -0.39 is 15.9 Å². The van der Waals surface area contributed by atoms with Crippen LogP contribution in [0.2, 0.25) is 0 Å². The number of carbonyl (C=O) groups excluding carboxylic acids is 1. The van der Waals surface area contributed by atoms with Gasteiger partial charge < -0.3 is 4.74 Å². The Morgan fingerprint density at radius 2 is 1.93 bits per heavy atom. The molecule has 29 heavy (non-hydrogen) atoms. The molecule has 2 heterocycles. The van der Waals surface area contributed by atoms with Crippen molar-refractivity contribution in [2.24, 2.45) is 0 Å². The number of hydrogen-bond donors (Lipinski definition) is 2. The highest BCUT2D eigenvalue weighted by atomic mass is 32.2. The molecular weight excluding hydrogens is 434 g/mol. The van der Waals surface area contributed by atoms with Gasteiger partial charge in [-0.15, -0.1) is 21.5 Å². The lowest BCUT2D eigenvalue weighted by Gasteiger charge is -2.04. The molecule has 0 atom stereocenters. The Kier molecular flexibility index (Phi) is 6.56. The second-order valence-electron chi connectivity index (χ2n) is 5.82. The van der Waals surface area contributed by atoms with Gasteiger partial charge in [0, 0.05) is 11.5 Å². The van der Waals surface area contributed by atoms with Crippen molar-refractivity contribution in [3.8, 4) is 5.75 Å². The molecule has 0 saturated heterocycles. The Balaban J connectivity index is 1.50. The fraction of sp³-hybridized carbons (Fsp3) is 0.176. The van der Waals surface area contributed by atoms with Crippen molar-refractivity contribution >= 4 is 54.9 Å². The van der Waals surface area contributed by atoms with Crippen LogP contribution in [0.3, 0.4) is 0 Å². The monoisotopic (exact) mass is 451 g/mol. The first-order chi connectivity index (χ1) is 13.8. The molecule has 0 aliphatic carbocycles. The molecule has 9 nitrogen and oxygen atoms in total. The van der Waals surface area contributed by atoms with Gasteiger partial charge in [-0.3, -0.25) is 14.8 Å². The van der Waals surface area contributed by atoms with Gasteiger partial charge >= 0.3 is 0 Å². The number of thiazole rings is 1. The first kappa shape index (κ1) is 20.9. The van der Waals surface area contributed by atoms with Crippen LogP contribution in [0.1, 0.15) is 16.3 Å². The van der Waals surface area contributed by atoms with Crippen molar-refractivity contribution in [2.75, 3.05) is 16.3 Å². The van der Waals surface area contributed by atoms with Gasteiger partial charge in [-0.05, 0) is 30.7 Å². The van der Waals surface area contributed by atoms with Crippen molar-refractivity contribution in [2.45, 2.75) is 13.5 Å². The van der Waals surface area contributed by atoms with Crippen LogP contribution in [0.25, 0.3) is 6.08 Å². The number of hydrogen-bond acceptors (Lipinski definition) is 9. The molecule has 152 valence electrons. The smallest absolute Gasteiger partial charge is 0.250 e. The van der Waals surface area contributed by atoms with Crippen LogP contribution in [0, 0.1) is 6.92 Å². The van der Waals surface area contributed by atoms with Crippen LogP contribution in [-0.4, -0.2) is 35.8 Å². The van der Waals surface area contributed by atoms with E-state index in [1.165, 1.54) is 6.08 Å². The van der Waals surface area contributed by atoms with Gasteiger partial charge in [-0.25, -0.2) is 13.4 Å². The number of aromatic nitrogens is 3. The van der Waals surface area contributed by atoms with E-state index in [9.17, 15) is 13.2 Å². The van der Waals surface area contributed by atoms with E-state index in [0.29, 0.717) is 12.4 Å². The molecule has 2 N–H and O–H groups in total. The number of anilines is 2. The lowest BCUT2D eigenvalue weighted by molar-refractivity contribution is -0.111. The molecule has 0 aliphatic rings. The molecule has 0 radical (unpaired) electrons. The summed E-state index contributed by atoms with van der Waals surface area (Å²) < 4.78 is 30.2. The molecule has 1 aromatic carbocycles. The van der Waals surface area contributed by atoms with Gasteiger partial charge in [0.2, 0.25) is 26.2 Å². The minimum atomic E-state index is -3.44. The van der Waals surface area contributed by atoms with Crippen LogP contribution < -0.4 is 14.8 Å². The number of sulfonamides is 1. The van der Waals surface area contributed by atoms with Crippen LogP contribution in [0.15, 0.2) is 35.7 Å². The third-order valence-electron chi connectivity index (χ3n) is 3.29. The fourth-order valence-corrected chi connectivity index (χ4v) is 4.17. The standard InChI is InChI=1S/C17H17N5O4S3/c1-11-18-13(10-27-11)9-26-14-6-3-12(4-7-14)5-8-15(23)19-16-20-21-17(28-16)22-29(2,24)25/h3-8,10H,9H2,1-2H3,(H,21,22)(H,19,20,23). The maximum atomic E-state index is 12.0. The summed E-state index contributed by atoms with van der Waals surface area (Å²) in [4.78, 5) is 16.3. The van der Waals surface area contributed by atoms with Crippen LogP contribution in [-0.2, 0) is 21.4 Å². The van der Waals surface area contributed by atoms with Gasteiger partial charge in [0.1, 0.15) is 12.4 Å². The molecule has 0 unspecified atom stereocenters. The predicted molar refractivity (Wildman–Crippen MR) is 114 cm³/mol. The van der Waals surface area contributed by atoms with Crippen molar-refractivity contribution in [3.63, 3.8) is 0 Å². The molecule has 3 rings (SSSR count). The highest BCUT2D eigenvalue weighted by Gasteiger charge is 2.09. The Labute approximate surface area is 175 Å². The van der Waals surface area contributed by atoms with Gasteiger partial charge in [-0.2, -0.15) is 0 Å². The average molecular weight is 452 g/mol. The SMILES string of the molecule is Cc1nc(COc2ccc(C=CC(=O)Nc3nnc(NS(C)(=O)=O)s3)cc2)cs1. The Bertz CT molecular complexity index is 1120. The lowest BCUT2D eigenvalue weighted by atomic mass is 10.2. The van der Waals surface area contributed by atoms with E-state index in [1.807, 2.05) is 36.6 Å². The summed E-state index contributed by atoms with van der Waals surface area (Å²) in [5, 5.41) is 13.1. The first-order valence-electron chi connectivity index (χ1n) is 8.21. The average Bonchev–Trinajstić information content (AvgIpc) is 3.26. The number of rotatable bonds is 8. The summed E-state index contributed by atoms with van der Waals surface area (Å²) in [6.07, 6.45) is 3.99. The van der Waals surface area contributed by atoms with E-state index in [0.717, 1.165) is 33.9 Å². The van der Waals surface area contributed by atoms with Gasteiger partial charge in [0.05, 0.1) is 17.0 Å². The van der Waals surface area contributed by atoms with Crippen molar-refractivity contribution in [1.82, 2.24) is 15.2 Å². The molecule has 0 spiro atoms. The Morgan fingerprint density at radius 3 is 2.59 bits per heavy atom. The van der Waals surface area contributed by atoms with Crippen molar-refractivity contribution in [1.29, 1.82) is 0 Å². The maximum Gasteiger partial charge on any atom is 0.250 e. The third-order valence-corrected chi connectivity index (χ3v) is 5.56. The molecule has 3 aromatic rings. The predicted octanol–water partition coefficient (Wildman–Crippen LogP) is 2.91. The molecule has 0 saturated carbocycles. The lowest BCUT2D eigenvalue weighted by Crippen LogP contribution is -2.09. The summed E-state index contributed by atoms with van der Waals surface area (Å²) in [6.45, 7) is 2.35. The second kappa shape index (κ2) is 9.11. The topological polar surface area (TPSA) is 123 Å². The second-order valence-corrected chi connectivity index (χ2v) is 9.61. The van der Waals surface area contributed by atoms with Crippen LogP contribution >= 0.6 is 22.7 Å². The van der Waals surface area contributed by atoms with E-state index in [1.54, 1.807) is 17.4 Å². The molecule has 1 amide bonds. The summed E-state index contributed by atoms with van der Waals surface area (Å²) >= 11 is 2.50. The van der Waals surface area contributed by atoms with E-state index in [4.69, 9.17) is 4.74 Å². The number of ether oxygens (including phenoxy) is 1. The number of amides is 1. The van der Waals surface area contributed by atoms with E-state index in [2.05, 4.69) is 25.2 Å². The zero-order chi connectivity index (χ0) is 20.9. The first-order valence-corrected chi connectivity index (χ1v) is 11.8. The summed E-state index contributed by atoms with van der Waals surface area (Å²) in [6, 6.07) is 7.27. The van der Waals surface area contributed by atoms with Crippen molar-refractivity contribution < 1.29 is 17.9 Å². The normalized spacial score (nSPS) is 11.5. The minimum Gasteiger partial charge on any atom is -0.487 e. The fourth-order valence-electron chi connectivity index (χ4n) is 2.10. The number of nitrogens with zero attached hydrogens (tertiary/aromatic N) is 3. The molecule has 12 heteroatoms. The highest BCUT2D eigenvalue weighted by molar-refractivity contribution is 7.92. The number of nitrogens with one attached hydrogen (secondary N) is 2. The molecular formula is C17H17N5O4S3. The highest BCUT2D eigenvalue weighted by Crippen LogP contribution is 2.21. The van der Waals surface area contributed by atoms with E-state index >= 15 is 0 Å². The number of carbonyl (C=O) groups is 1. The molecule has 0 bridgehead atoms. The Morgan fingerprint density at radius 1 is 1.21 bits per heavy atom. The molecule has 0 fully saturated rings. The summed E-state index contributed by atoms with van der Waals surface area (Å²) in [7, 11) is -3.44. The van der Waals surface area contributed by atoms with Gasteiger partial charge in [0.25, 0.3) is 0 Å². The van der Waals surface area contributed by atoms with Crippen LogP contribution in [0.5, 0.6) is 5.75 Å². The minimum absolute atomic E-state index is 0.0789. The Hall–Kier alpha value is -2.83. The van der Waals surface area contributed by atoms with Crippen LogP contribution in [0.4, 0.5) is 10.3 Å². The molecule has 2 aromatic heterocycles. The number of benzene rings is 1.